The van der Waals surface area contributed by atoms with E-state index in [1.807, 2.05) is 0 Å². The molecule has 0 saturated carbocycles. The number of halogens is 3. The lowest BCUT2D eigenvalue weighted by Gasteiger charge is -2.12. The van der Waals surface area contributed by atoms with E-state index in [4.69, 9.17) is 10.5 Å². The van der Waals surface area contributed by atoms with E-state index in [1.54, 1.807) is 29.5 Å². The maximum atomic E-state index is 12.8. The highest BCUT2D eigenvalue weighted by Gasteiger charge is 2.22. The van der Waals surface area contributed by atoms with Crippen LogP contribution in [0.25, 0.3) is 0 Å². The molecule has 0 fully saturated rings. The average Bonchev–Trinajstić information content (AvgIpc) is 2.28. The molecule has 0 aromatic carbocycles. The molecule has 94 valence electrons. The summed E-state index contributed by atoms with van der Waals surface area (Å²) < 4.78 is 30.6. The van der Waals surface area contributed by atoms with Crippen LogP contribution in [0.4, 0.5) is 8.78 Å². The molecule has 0 aliphatic rings. The van der Waals surface area contributed by atoms with Crippen LogP contribution in [0.15, 0.2) is 6.07 Å². The molecule has 7 heteroatoms. The number of hydrogen-bond donors (Lipinski definition) is 1. The highest BCUT2D eigenvalue weighted by Crippen LogP contribution is 2.25. The first kappa shape index (κ1) is 14.2. The number of carbonyl (C=O) groups excluding carboxylic acids is 1. The van der Waals surface area contributed by atoms with E-state index in [2.05, 4.69) is 4.98 Å². The van der Waals surface area contributed by atoms with Gasteiger partial charge < -0.3 is 10.5 Å². The van der Waals surface area contributed by atoms with Gasteiger partial charge in [-0.2, -0.15) is 0 Å². The molecule has 0 bridgehead atoms. The van der Waals surface area contributed by atoms with E-state index in [-0.39, 0.29) is 24.3 Å². The predicted octanol–water partition coefficient (Wildman–Crippen LogP) is 2.26. The second-order valence-electron chi connectivity index (χ2n) is 3.08. The molecule has 17 heavy (non-hydrogen) atoms. The lowest BCUT2D eigenvalue weighted by molar-refractivity contribution is 0.0524. The lowest BCUT2D eigenvalue weighted by atomic mass is 10.1. The van der Waals surface area contributed by atoms with Gasteiger partial charge >= 0.3 is 5.97 Å². The van der Waals surface area contributed by atoms with Crippen LogP contribution in [-0.2, 0) is 11.3 Å². The van der Waals surface area contributed by atoms with Gasteiger partial charge in [0.25, 0.3) is 6.43 Å². The monoisotopic (exact) mass is 356 g/mol. The average molecular weight is 356 g/mol. The molecule has 1 rings (SSSR count). The minimum absolute atomic E-state index is 0.0406. The summed E-state index contributed by atoms with van der Waals surface area (Å²) in [4.78, 5) is 15.3. The smallest absolute Gasteiger partial charge is 0.338 e. The molecule has 2 N–H and O–H groups in total. The molecular formula is C10H11F2IN2O2. The van der Waals surface area contributed by atoms with Crippen molar-refractivity contribution in [3.63, 3.8) is 0 Å². The van der Waals surface area contributed by atoms with Gasteiger partial charge in [0.1, 0.15) is 9.39 Å². The minimum Gasteiger partial charge on any atom is -0.462 e. The molecule has 1 aromatic heterocycles. The normalized spacial score (nSPS) is 10.7. The molecule has 0 unspecified atom stereocenters. The van der Waals surface area contributed by atoms with Gasteiger partial charge in [-0.05, 0) is 35.6 Å². The first-order valence-electron chi connectivity index (χ1n) is 4.85. The van der Waals surface area contributed by atoms with E-state index < -0.39 is 18.1 Å². The van der Waals surface area contributed by atoms with E-state index >= 15 is 0 Å². The summed E-state index contributed by atoms with van der Waals surface area (Å²) in [5, 5.41) is 0. The largest absolute Gasteiger partial charge is 0.462 e. The fraction of sp³-hybridized carbons (Fsp3) is 0.400. The van der Waals surface area contributed by atoms with E-state index in [1.165, 1.54) is 6.07 Å². The van der Waals surface area contributed by atoms with Crippen LogP contribution in [-0.4, -0.2) is 17.6 Å². The van der Waals surface area contributed by atoms with Crippen molar-refractivity contribution in [3.05, 3.63) is 26.6 Å². The number of rotatable bonds is 4. The summed E-state index contributed by atoms with van der Waals surface area (Å²) in [5.41, 5.74) is 5.03. The third kappa shape index (κ3) is 3.32. The van der Waals surface area contributed by atoms with Gasteiger partial charge in [0.15, 0.2) is 0 Å². The molecule has 0 radical (unpaired) electrons. The molecule has 0 amide bonds. The van der Waals surface area contributed by atoms with Crippen LogP contribution in [0.3, 0.4) is 0 Å². The molecule has 0 saturated heterocycles. The zero-order valence-corrected chi connectivity index (χ0v) is 11.2. The molecular weight excluding hydrogens is 345 g/mol. The number of ether oxygens (including phenoxy) is 1. The molecule has 0 aliphatic carbocycles. The standard InChI is InChI=1S/C10H11F2IN2O2/c1-2-17-10(16)5-3-7(13)15-8(9(11)12)6(5)4-14/h3,9H,2,4,14H2,1H3. The lowest BCUT2D eigenvalue weighted by Crippen LogP contribution is -2.15. The number of aromatic nitrogens is 1. The van der Waals surface area contributed by atoms with Crippen molar-refractivity contribution in [3.8, 4) is 0 Å². The Hall–Kier alpha value is -0.830. The minimum atomic E-state index is -2.77. The molecule has 4 nitrogen and oxygen atoms in total. The Morgan fingerprint density at radius 3 is 2.76 bits per heavy atom. The summed E-state index contributed by atoms with van der Waals surface area (Å²) in [6.07, 6.45) is -2.77. The van der Waals surface area contributed by atoms with Gasteiger partial charge in [0, 0.05) is 12.1 Å². The van der Waals surface area contributed by atoms with Gasteiger partial charge in [-0.25, -0.2) is 18.6 Å². The number of alkyl halides is 2. The molecule has 1 aromatic rings. The first-order valence-corrected chi connectivity index (χ1v) is 5.93. The molecule has 0 atom stereocenters. The van der Waals surface area contributed by atoms with Crippen molar-refractivity contribution in [2.45, 2.75) is 19.9 Å². The summed E-state index contributed by atoms with van der Waals surface area (Å²) in [5.74, 6) is -0.657. The van der Waals surface area contributed by atoms with Gasteiger partial charge in [-0.15, -0.1) is 0 Å². The number of nitrogens with zero attached hydrogens (tertiary/aromatic N) is 1. The van der Waals surface area contributed by atoms with Crippen molar-refractivity contribution in [2.75, 3.05) is 6.61 Å². The Labute approximate surface area is 111 Å². The second kappa shape index (κ2) is 6.20. The SMILES string of the molecule is CCOC(=O)c1cc(I)nc(C(F)F)c1CN. The molecule has 1 heterocycles. The second-order valence-corrected chi connectivity index (χ2v) is 4.19. The number of pyridine rings is 1. The Bertz CT molecular complexity index is 427. The number of esters is 1. The van der Waals surface area contributed by atoms with E-state index in [9.17, 15) is 13.6 Å². The van der Waals surface area contributed by atoms with Crippen LogP contribution < -0.4 is 5.73 Å². The Morgan fingerprint density at radius 1 is 1.65 bits per heavy atom. The van der Waals surface area contributed by atoms with Crippen molar-refractivity contribution in [1.29, 1.82) is 0 Å². The molecule has 0 spiro atoms. The van der Waals surface area contributed by atoms with Gasteiger partial charge in [0.05, 0.1) is 12.2 Å². The quantitative estimate of drug-likeness (QED) is 0.511. The summed E-state index contributed by atoms with van der Waals surface area (Å²) in [7, 11) is 0. The van der Waals surface area contributed by atoms with Crippen molar-refractivity contribution in [1.82, 2.24) is 4.98 Å². The Balaban J connectivity index is 3.32. The summed E-state index contributed by atoms with van der Waals surface area (Å²) in [6, 6.07) is 1.40. The van der Waals surface area contributed by atoms with Gasteiger partial charge in [0.2, 0.25) is 0 Å². The van der Waals surface area contributed by atoms with E-state index in [0.717, 1.165) is 0 Å². The number of nitrogens with two attached hydrogens (primary N) is 1. The maximum Gasteiger partial charge on any atom is 0.338 e. The van der Waals surface area contributed by atoms with Gasteiger partial charge in [-0.1, -0.05) is 0 Å². The van der Waals surface area contributed by atoms with Crippen LogP contribution in [0.2, 0.25) is 0 Å². The van der Waals surface area contributed by atoms with Crippen LogP contribution in [0.5, 0.6) is 0 Å². The first-order chi connectivity index (χ1) is 8.01. The van der Waals surface area contributed by atoms with Crippen LogP contribution in [0.1, 0.15) is 35.0 Å². The maximum absolute atomic E-state index is 12.8. The van der Waals surface area contributed by atoms with Crippen LogP contribution >= 0.6 is 22.6 Å². The van der Waals surface area contributed by atoms with Crippen LogP contribution in [0, 0.1) is 3.70 Å². The van der Waals surface area contributed by atoms with E-state index in [0.29, 0.717) is 3.70 Å². The Morgan fingerprint density at radius 2 is 2.29 bits per heavy atom. The number of carbonyl (C=O) groups is 1. The van der Waals surface area contributed by atoms with Gasteiger partial charge in [-0.3, -0.25) is 0 Å². The fourth-order valence-corrected chi connectivity index (χ4v) is 1.92. The Kier molecular flexibility index (Phi) is 5.19. The highest BCUT2D eigenvalue weighted by atomic mass is 127. The zero-order valence-electron chi connectivity index (χ0n) is 9.04. The number of hydrogen-bond acceptors (Lipinski definition) is 4. The van der Waals surface area contributed by atoms with Crippen molar-refractivity contribution >= 4 is 28.6 Å². The summed E-state index contributed by atoms with van der Waals surface area (Å²) >= 11 is 1.77. The highest BCUT2D eigenvalue weighted by molar-refractivity contribution is 14.1. The molecule has 0 aliphatic heterocycles. The fourth-order valence-electron chi connectivity index (χ4n) is 1.35. The third-order valence-corrected chi connectivity index (χ3v) is 2.58. The summed E-state index contributed by atoms with van der Waals surface area (Å²) in [6.45, 7) is 1.63. The van der Waals surface area contributed by atoms with Crippen molar-refractivity contribution in [2.24, 2.45) is 5.73 Å². The topological polar surface area (TPSA) is 65.2 Å². The zero-order chi connectivity index (χ0) is 13.0. The third-order valence-electron chi connectivity index (χ3n) is 2.03. The predicted molar refractivity (Wildman–Crippen MR) is 65.8 cm³/mol. The van der Waals surface area contributed by atoms with Crippen molar-refractivity contribution < 1.29 is 18.3 Å².